The summed E-state index contributed by atoms with van der Waals surface area (Å²) < 4.78 is 2.46. The van der Waals surface area contributed by atoms with Gasteiger partial charge in [-0.2, -0.15) is 0 Å². The lowest BCUT2D eigenvalue weighted by Crippen LogP contribution is -2.45. The minimum atomic E-state index is 0.00423. The van der Waals surface area contributed by atoms with Gasteiger partial charge in [0.15, 0.2) is 0 Å². The van der Waals surface area contributed by atoms with Gasteiger partial charge in [-0.25, -0.2) is 9.55 Å². The van der Waals surface area contributed by atoms with Crippen LogP contribution in [0.2, 0.25) is 0 Å². The number of nitrogens with zero attached hydrogens (tertiary/aromatic N) is 1. The number of unbranched alkanes of at least 4 members (excludes halogenated alkanes) is 8. The van der Waals surface area contributed by atoms with Crippen LogP contribution in [0, 0.1) is 0 Å². The molecule has 1 aromatic heterocycles. The number of hydrogen-bond donors (Lipinski definition) is 1. The van der Waals surface area contributed by atoms with E-state index in [9.17, 15) is 0 Å². The first-order chi connectivity index (χ1) is 17.1. The van der Waals surface area contributed by atoms with Gasteiger partial charge in [0.1, 0.15) is 12.4 Å². The maximum absolute atomic E-state index is 3.69. The highest BCUT2D eigenvalue weighted by molar-refractivity contribution is 5.32. The maximum Gasteiger partial charge on any atom is 0.258 e. The average Bonchev–Trinajstić information content (AvgIpc) is 3.36. The molecule has 0 saturated carbocycles. The van der Waals surface area contributed by atoms with Gasteiger partial charge in [0.25, 0.3) is 5.82 Å². The molecule has 190 valence electrons. The summed E-state index contributed by atoms with van der Waals surface area (Å²) in [5.74, 6) is 1.80. The van der Waals surface area contributed by atoms with Crippen molar-refractivity contribution in [3.63, 3.8) is 0 Å². The van der Waals surface area contributed by atoms with Crippen molar-refractivity contribution < 1.29 is 4.57 Å². The molecule has 0 aliphatic heterocycles. The predicted molar refractivity (Wildman–Crippen MR) is 150 cm³/mol. The van der Waals surface area contributed by atoms with E-state index in [1.165, 1.54) is 81.2 Å². The molecule has 2 nitrogen and oxygen atoms in total. The van der Waals surface area contributed by atoms with E-state index in [2.05, 4.69) is 110 Å². The molecule has 0 radical (unpaired) electrons. The summed E-state index contributed by atoms with van der Waals surface area (Å²) in [5.41, 5.74) is 2.86. The third-order valence-corrected chi connectivity index (χ3v) is 7.84. The largest absolute Gasteiger partial charge is 0.258 e. The lowest BCUT2D eigenvalue weighted by atomic mass is 9.66. The van der Waals surface area contributed by atoms with Crippen LogP contribution in [0.25, 0.3) is 0 Å². The first-order valence-corrected chi connectivity index (χ1v) is 14.2. The van der Waals surface area contributed by atoms with Crippen molar-refractivity contribution in [1.82, 2.24) is 4.98 Å². The monoisotopic (exact) mass is 473 g/mol. The summed E-state index contributed by atoms with van der Waals surface area (Å²) in [4.78, 5) is 3.69. The van der Waals surface area contributed by atoms with E-state index in [0.717, 1.165) is 6.42 Å². The van der Waals surface area contributed by atoms with E-state index in [0.29, 0.717) is 12.0 Å². The Morgan fingerprint density at radius 1 is 0.771 bits per heavy atom. The molecule has 0 bridgehead atoms. The molecule has 1 heterocycles. The van der Waals surface area contributed by atoms with Gasteiger partial charge in [0.2, 0.25) is 0 Å². The lowest BCUT2D eigenvalue weighted by molar-refractivity contribution is -0.723. The maximum atomic E-state index is 3.69. The van der Waals surface area contributed by atoms with Crippen molar-refractivity contribution in [2.24, 2.45) is 0 Å². The Labute approximate surface area is 215 Å². The fourth-order valence-corrected chi connectivity index (χ4v) is 5.77. The third kappa shape index (κ3) is 7.82. The summed E-state index contributed by atoms with van der Waals surface area (Å²) in [6.07, 6.45) is 19.0. The highest BCUT2D eigenvalue weighted by atomic mass is 15.1. The minimum Gasteiger partial charge on any atom is -0.247 e. The number of H-pyrrole nitrogens is 1. The molecule has 0 amide bonds. The van der Waals surface area contributed by atoms with Gasteiger partial charge in [-0.3, -0.25) is 0 Å². The third-order valence-electron chi connectivity index (χ3n) is 7.84. The summed E-state index contributed by atoms with van der Waals surface area (Å²) in [6, 6.07) is 22.8. The molecule has 1 N–H and O–H groups in total. The van der Waals surface area contributed by atoms with E-state index in [1.54, 1.807) is 0 Å². The number of aromatic amines is 1. The van der Waals surface area contributed by atoms with Crippen molar-refractivity contribution >= 4 is 0 Å². The van der Waals surface area contributed by atoms with Gasteiger partial charge in [0.05, 0.1) is 12.0 Å². The molecule has 3 rings (SSSR count). The number of rotatable bonds is 16. The second-order valence-corrected chi connectivity index (χ2v) is 11.0. The Hall–Kier alpha value is -2.35. The minimum absolute atomic E-state index is 0.00423. The topological polar surface area (TPSA) is 19.7 Å². The van der Waals surface area contributed by atoms with Crippen LogP contribution in [-0.2, 0) is 11.8 Å². The molecule has 35 heavy (non-hydrogen) atoms. The summed E-state index contributed by atoms with van der Waals surface area (Å²) in [5, 5.41) is 0. The number of imidazole rings is 1. The summed E-state index contributed by atoms with van der Waals surface area (Å²) >= 11 is 0. The van der Waals surface area contributed by atoms with Crippen molar-refractivity contribution in [2.45, 2.75) is 116 Å². The number of benzene rings is 2. The predicted octanol–water partition coefficient (Wildman–Crippen LogP) is 9.09. The molecule has 0 spiro atoms. The zero-order chi connectivity index (χ0) is 24.9. The van der Waals surface area contributed by atoms with Crippen molar-refractivity contribution in [2.75, 3.05) is 0 Å². The molecule has 0 aliphatic carbocycles. The van der Waals surface area contributed by atoms with Gasteiger partial charge < -0.3 is 0 Å². The zero-order valence-corrected chi connectivity index (χ0v) is 22.8. The van der Waals surface area contributed by atoms with Crippen LogP contribution >= 0.6 is 0 Å². The Balaban J connectivity index is 1.81. The molecular weight excluding hydrogens is 424 g/mol. The Morgan fingerprint density at radius 2 is 1.34 bits per heavy atom. The van der Waals surface area contributed by atoms with Crippen LogP contribution in [-0.4, -0.2) is 4.98 Å². The quantitative estimate of drug-likeness (QED) is 0.158. The van der Waals surface area contributed by atoms with Gasteiger partial charge in [-0.05, 0) is 37.8 Å². The smallest absolute Gasteiger partial charge is 0.247 e. The molecule has 2 unspecified atom stereocenters. The van der Waals surface area contributed by atoms with Crippen molar-refractivity contribution in [3.05, 3.63) is 90.0 Å². The van der Waals surface area contributed by atoms with Gasteiger partial charge >= 0.3 is 0 Å². The standard InChI is InChI=1S/C33H48N2/c1-5-6-7-8-9-10-11-12-19-24-31(32-34-25-26-35(32)28(2)3)33(4,30-22-17-14-18-23-30)27-29-20-15-13-16-21-29/h13-18,20-23,25-26,28,31H,5-12,19,24,27H2,1-4H3/p+1. The van der Waals surface area contributed by atoms with Crippen molar-refractivity contribution in [1.29, 1.82) is 0 Å². The number of nitrogens with one attached hydrogen (secondary N) is 1. The molecule has 2 heteroatoms. The van der Waals surface area contributed by atoms with E-state index in [-0.39, 0.29) is 5.41 Å². The van der Waals surface area contributed by atoms with Gasteiger partial charge in [-0.15, -0.1) is 0 Å². The van der Waals surface area contributed by atoms with Gasteiger partial charge in [0, 0.05) is 5.41 Å². The average molecular weight is 474 g/mol. The molecule has 3 aromatic rings. The number of hydrogen-bond acceptors (Lipinski definition) is 0. The lowest BCUT2D eigenvalue weighted by Gasteiger charge is -2.37. The van der Waals surface area contributed by atoms with E-state index < -0.39 is 0 Å². The molecule has 2 atom stereocenters. The Morgan fingerprint density at radius 3 is 1.94 bits per heavy atom. The van der Waals surface area contributed by atoms with Crippen LogP contribution in [0.5, 0.6) is 0 Å². The van der Waals surface area contributed by atoms with Crippen LogP contribution < -0.4 is 4.57 Å². The SMILES string of the molecule is CCCCCCCCCCCC(c1[nH]cc[n+]1C(C)C)C(C)(Cc1ccccc1)c1ccccc1. The van der Waals surface area contributed by atoms with Gasteiger partial charge in [-0.1, -0.05) is 132 Å². The first-order valence-electron chi connectivity index (χ1n) is 14.2. The second kappa shape index (κ2) is 14.3. The Bertz CT molecular complexity index is 943. The summed E-state index contributed by atoms with van der Waals surface area (Å²) in [6.45, 7) is 9.39. The van der Waals surface area contributed by atoms with E-state index in [4.69, 9.17) is 0 Å². The molecular formula is C33H49N2+. The highest BCUT2D eigenvalue weighted by Crippen LogP contribution is 2.43. The second-order valence-electron chi connectivity index (χ2n) is 11.0. The Kier molecular flexibility index (Phi) is 11.1. The van der Waals surface area contributed by atoms with Crippen LogP contribution in [0.15, 0.2) is 73.1 Å². The first kappa shape index (κ1) is 27.2. The molecule has 0 saturated heterocycles. The molecule has 0 aliphatic rings. The van der Waals surface area contributed by atoms with E-state index >= 15 is 0 Å². The van der Waals surface area contributed by atoms with Crippen LogP contribution in [0.3, 0.4) is 0 Å². The van der Waals surface area contributed by atoms with Crippen LogP contribution in [0.4, 0.5) is 0 Å². The highest BCUT2D eigenvalue weighted by Gasteiger charge is 2.42. The molecule has 0 fully saturated rings. The fourth-order valence-electron chi connectivity index (χ4n) is 5.77. The van der Waals surface area contributed by atoms with Crippen LogP contribution in [0.1, 0.15) is 121 Å². The van der Waals surface area contributed by atoms with Crippen molar-refractivity contribution in [3.8, 4) is 0 Å². The number of aromatic nitrogens is 2. The fraction of sp³-hybridized carbons (Fsp3) is 0.545. The molecule has 2 aromatic carbocycles. The normalized spacial score (nSPS) is 14.2. The summed E-state index contributed by atoms with van der Waals surface area (Å²) in [7, 11) is 0. The zero-order valence-electron chi connectivity index (χ0n) is 22.8. The van der Waals surface area contributed by atoms with E-state index in [1.807, 2.05) is 0 Å².